The fourth-order valence-corrected chi connectivity index (χ4v) is 2.94. The standard InChI is InChI=1S/C15H22O2.C6H14N2/c1-14(2,3)11-7-10(9-16)13(17)12(8-11)15(4,5)6;7-5-3-1-2-4-6(5)8/h7-9,17H,1-6H3;5-6H,1-4,7-8H2. The maximum absolute atomic E-state index is 11.0. The summed E-state index contributed by atoms with van der Waals surface area (Å²) in [7, 11) is 0. The van der Waals surface area contributed by atoms with Crippen LogP contribution in [0.2, 0.25) is 0 Å². The lowest BCUT2D eigenvalue weighted by molar-refractivity contribution is 0.112. The Morgan fingerprint density at radius 3 is 1.76 bits per heavy atom. The molecule has 1 aliphatic rings. The first-order chi connectivity index (χ1) is 11.4. The number of hydrogen-bond donors (Lipinski definition) is 3. The topological polar surface area (TPSA) is 89.3 Å². The van der Waals surface area contributed by atoms with Gasteiger partial charge in [0.1, 0.15) is 5.75 Å². The van der Waals surface area contributed by atoms with Gasteiger partial charge in [0.25, 0.3) is 0 Å². The van der Waals surface area contributed by atoms with Crippen molar-refractivity contribution in [3.63, 3.8) is 0 Å². The van der Waals surface area contributed by atoms with Gasteiger partial charge in [0.15, 0.2) is 6.29 Å². The smallest absolute Gasteiger partial charge is 0.153 e. The lowest BCUT2D eigenvalue weighted by Gasteiger charge is -2.26. The van der Waals surface area contributed by atoms with Gasteiger partial charge in [0.05, 0.1) is 5.56 Å². The average molecular weight is 349 g/mol. The zero-order valence-electron chi connectivity index (χ0n) is 16.7. The molecule has 2 atom stereocenters. The van der Waals surface area contributed by atoms with Crippen molar-refractivity contribution in [2.24, 2.45) is 11.5 Å². The van der Waals surface area contributed by atoms with Crippen LogP contribution < -0.4 is 11.5 Å². The first kappa shape index (κ1) is 21.7. The highest BCUT2D eigenvalue weighted by Gasteiger charge is 2.24. The predicted octanol–water partition coefficient (Wildman–Crippen LogP) is 4.01. The molecule has 4 heteroatoms. The fourth-order valence-electron chi connectivity index (χ4n) is 2.94. The van der Waals surface area contributed by atoms with Crippen molar-refractivity contribution in [3.05, 3.63) is 28.8 Å². The molecule has 0 saturated heterocycles. The summed E-state index contributed by atoms with van der Waals surface area (Å²) in [5.41, 5.74) is 13.4. The minimum atomic E-state index is -0.177. The van der Waals surface area contributed by atoms with Gasteiger partial charge >= 0.3 is 0 Å². The van der Waals surface area contributed by atoms with Crippen LogP contribution >= 0.6 is 0 Å². The van der Waals surface area contributed by atoms with E-state index in [2.05, 4.69) is 20.8 Å². The van der Waals surface area contributed by atoms with Crippen LogP contribution in [0.15, 0.2) is 12.1 Å². The molecule has 2 rings (SSSR count). The van der Waals surface area contributed by atoms with Crippen molar-refractivity contribution >= 4 is 6.29 Å². The Balaban J connectivity index is 0.000000324. The fraction of sp³-hybridized carbons (Fsp3) is 0.667. The maximum atomic E-state index is 11.0. The minimum absolute atomic E-state index is 0.0362. The van der Waals surface area contributed by atoms with Crippen molar-refractivity contribution in [2.75, 3.05) is 0 Å². The number of hydrogen-bond acceptors (Lipinski definition) is 4. The molecule has 25 heavy (non-hydrogen) atoms. The van der Waals surface area contributed by atoms with E-state index in [1.54, 1.807) is 6.07 Å². The Bertz CT molecular complexity index is 573. The Morgan fingerprint density at radius 2 is 1.44 bits per heavy atom. The highest BCUT2D eigenvalue weighted by Crippen LogP contribution is 2.36. The van der Waals surface area contributed by atoms with Crippen molar-refractivity contribution < 1.29 is 9.90 Å². The molecule has 0 radical (unpaired) electrons. The lowest BCUT2D eigenvalue weighted by Crippen LogP contribution is -2.43. The summed E-state index contributed by atoms with van der Waals surface area (Å²) in [5.74, 6) is 0.112. The molecule has 1 fully saturated rings. The van der Waals surface area contributed by atoms with E-state index in [1.807, 2.05) is 26.8 Å². The second-order valence-electron chi connectivity index (χ2n) is 9.19. The molecule has 1 aromatic carbocycles. The van der Waals surface area contributed by atoms with Gasteiger partial charge in [-0.25, -0.2) is 0 Å². The summed E-state index contributed by atoms with van der Waals surface area (Å²) >= 11 is 0. The van der Waals surface area contributed by atoms with Gasteiger partial charge in [-0.2, -0.15) is 0 Å². The molecule has 2 unspecified atom stereocenters. The van der Waals surface area contributed by atoms with Gasteiger partial charge in [-0.1, -0.05) is 60.5 Å². The molecule has 0 bridgehead atoms. The van der Waals surface area contributed by atoms with E-state index in [-0.39, 0.29) is 28.7 Å². The first-order valence-corrected chi connectivity index (χ1v) is 9.22. The largest absolute Gasteiger partial charge is 0.507 e. The monoisotopic (exact) mass is 348 g/mol. The van der Waals surface area contributed by atoms with Gasteiger partial charge in [-0.3, -0.25) is 4.79 Å². The van der Waals surface area contributed by atoms with Crippen molar-refractivity contribution in [2.45, 2.75) is 90.1 Å². The van der Waals surface area contributed by atoms with Crippen LogP contribution in [0, 0.1) is 0 Å². The summed E-state index contributed by atoms with van der Waals surface area (Å²) in [4.78, 5) is 11.0. The van der Waals surface area contributed by atoms with Gasteiger partial charge in [0, 0.05) is 17.6 Å². The lowest BCUT2D eigenvalue weighted by atomic mass is 9.79. The van der Waals surface area contributed by atoms with E-state index in [0.29, 0.717) is 5.56 Å². The zero-order chi connectivity index (χ0) is 19.4. The number of nitrogens with two attached hydrogens (primary N) is 2. The number of carbonyl (C=O) groups is 1. The molecule has 0 amide bonds. The van der Waals surface area contributed by atoms with Crippen LogP contribution in [-0.2, 0) is 10.8 Å². The summed E-state index contributed by atoms with van der Waals surface area (Å²) in [6.07, 6.45) is 5.52. The SMILES string of the molecule is CC(C)(C)c1cc(C=O)c(O)c(C(C)(C)C)c1.NC1CCCCC1N. The number of aromatic hydroxyl groups is 1. The Kier molecular flexibility index (Phi) is 7.21. The molecule has 0 aliphatic heterocycles. The third kappa shape index (κ3) is 6.12. The number of phenolic OH excluding ortho intramolecular Hbond substituents is 1. The van der Waals surface area contributed by atoms with Crippen molar-refractivity contribution in [3.8, 4) is 5.75 Å². The number of carbonyl (C=O) groups excluding carboxylic acids is 1. The van der Waals surface area contributed by atoms with E-state index in [4.69, 9.17) is 11.5 Å². The Morgan fingerprint density at radius 1 is 0.960 bits per heavy atom. The number of rotatable bonds is 1. The highest BCUT2D eigenvalue weighted by molar-refractivity contribution is 5.81. The zero-order valence-corrected chi connectivity index (χ0v) is 16.7. The predicted molar refractivity (Wildman–Crippen MR) is 105 cm³/mol. The van der Waals surface area contributed by atoms with Gasteiger partial charge < -0.3 is 16.6 Å². The second-order valence-corrected chi connectivity index (χ2v) is 9.19. The van der Waals surface area contributed by atoms with Crippen molar-refractivity contribution in [1.82, 2.24) is 0 Å². The number of phenols is 1. The third-order valence-electron chi connectivity index (χ3n) is 4.82. The van der Waals surface area contributed by atoms with Crippen LogP contribution in [0.3, 0.4) is 0 Å². The van der Waals surface area contributed by atoms with Crippen LogP contribution in [-0.4, -0.2) is 23.5 Å². The number of aldehydes is 1. The van der Waals surface area contributed by atoms with E-state index in [0.717, 1.165) is 30.3 Å². The number of benzene rings is 1. The quantitative estimate of drug-likeness (QED) is 0.669. The molecule has 0 spiro atoms. The van der Waals surface area contributed by atoms with Crippen LogP contribution in [0.25, 0.3) is 0 Å². The summed E-state index contributed by atoms with van der Waals surface area (Å²) in [6.45, 7) is 12.4. The van der Waals surface area contributed by atoms with Crippen LogP contribution in [0.4, 0.5) is 0 Å². The van der Waals surface area contributed by atoms with E-state index in [9.17, 15) is 9.90 Å². The van der Waals surface area contributed by atoms with Crippen molar-refractivity contribution in [1.29, 1.82) is 0 Å². The molecular formula is C21H36N2O2. The molecule has 1 saturated carbocycles. The average Bonchev–Trinajstić information content (AvgIpc) is 2.49. The molecule has 0 aromatic heterocycles. The molecule has 1 aromatic rings. The van der Waals surface area contributed by atoms with Gasteiger partial charge in [-0.05, 0) is 35.3 Å². The molecule has 142 valence electrons. The van der Waals surface area contributed by atoms with Crippen LogP contribution in [0.1, 0.15) is 88.7 Å². The maximum Gasteiger partial charge on any atom is 0.153 e. The second kappa shape index (κ2) is 8.33. The molecule has 0 heterocycles. The molecular weight excluding hydrogens is 312 g/mol. The summed E-state index contributed by atoms with van der Waals surface area (Å²) in [5, 5.41) is 10.1. The Hall–Kier alpha value is -1.39. The first-order valence-electron chi connectivity index (χ1n) is 9.22. The highest BCUT2D eigenvalue weighted by atomic mass is 16.3. The third-order valence-corrected chi connectivity index (χ3v) is 4.82. The summed E-state index contributed by atoms with van der Waals surface area (Å²) < 4.78 is 0. The van der Waals surface area contributed by atoms with E-state index < -0.39 is 0 Å². The van der Waals surface area contributed by atoms with Gasteiger partial charge in [0.2, 0.25) is 0 Å². The molecule has 5 N–H and O–H groups in total. The summed E-state index contributed by atoms with van der Waals surface area (Å²) in [6, 6.07) is 4.34. The molecule has 1 aliphatic carbocycles. The van der Waals surface area contributed by atoms with Gasteiger partial charge in [-0.15, -0.1) is 0 Å². The van der Waals surface area contributed by atoms with E-state index >= 15 is 0 Å². The normalized spacial score (nSPS) is 21.3. The minimum Gasteiger partial charge on any atom is -0.507 e. The van der Waals surface area contributed by atoms with Crippen LogP contribution in [0.5, 0.6) is 5.75 Å². The Labute approximate surface area is 153 Å². The molecule has 4 nitrogen and oxygen atoms in total. The van der Waals surface area contributed by atoms with E-state index in [1.165, 1.54) is 12.8 Å².